The quantitative estimate of drug-likeness (QED) is 0.871. The van der Waals surface area contributed by atoms with Crippen LogP contribution in [0.15, 0.2) is 0 Å². The summed E-state index contributed by atoms with van der Waals surface area (Å²) < 4.78 is 5.42. The zero-order chi connectivity index (χ0) is 12.3. The van der Waals surface area contributed by atoms with Gasteiger partial charge in [0.25, 0.3) is 0 Å². The van der Waals surface area contributed by atoms with Gasteiger partial charge in [-0.15, -0.1) is 11.3 Å². The molecular weight excluding hydrogens is 234 g/mol. The Kier molecular flexibility index (Phi) is 4.36. The molecule has 1 aromatic rings. The van der Waals surface area contributed by atoms with Crippen molar-refractivity contribution >= 4 is 16.5 Å². The van der Waals surface area contributed by atoms with Crippen molar-refractivity contribution < 1.29 is 4.74 Å². The highest BCUT2D eigenvalue weighted by Crippen LogP contribution is 2.29. The van der Waals surface area contributed by atoms with Gasteiger partial charge >= 0.3 is 0 Å². The average Bonchev–Trinajstić information content (AvgIpc) is 2.97. The molecular formula is C12H21N3OS. The van der Waals surface area contributed by atoms with Crippen LogP contribution in [0.3, 0.4) is 0 Å². The van der Waals surface area contributed by atoms with Gasteiger partial charge in [0.1, 0.15) is 0 Å². The molecule has 1 saturated heterocycles. The zero-order valence-electron chi connectivity index (χ0n) is 10.6. The Bertz CT molecular complexity index is 361. The fourth-order valence-corrected chi connectivity index (χ4v) is 3.11. The number of likely N-dealkylation sites (N-methyl/N-ethyl adjacent to an activating group) is 1. The van der Waals surface area contributed by atoms with Crippen molar-refractivity contribution in [2.24, 2.45) is 5.73 Å². The zero-order valence-corrected chi connectivity index (χ0v) is 11.4. The number of thiazole rings is 1. The van der Waals surface area contributed by atoms with Crippen LogP contribution in [0.4, 0.5) is 5.13 Å². The van der Waals surface area contributed by atoms with Crippen LogP contribution in [0.2, 0.25) is 0 Å². The molecule has 1 fully saturated rings. The molecule has 96 valence electrons. The molecule has 1 unspecified atom stereocenters. The highest BCUT2D eigenvalue weighted by molar-refractivity contribution is 7.15. The molecule has 0 aromatic carbocycles. The third-order valence-electron chi connectivity index (χ3n) is 3.19. The lowest BCUT2D eigenvalue weighted by atomic mass is 10.2. The van der Waals surface area contributed by atoms with Gasteiger partial charge in [0, 0.05) is 25.1 Å². The van der Waals surface area contributed by atoms with Gasteiger partial charge in [0.15, 0.2) is 5.13 Å². The van der Waals surface area contributed by atoms with E-state index in [1.165, 1.54) is 10.6 Å². The number of ether oxygens (including phenoxy) is 1. The van der Waals surface area contributed by atoms with Crippen LogP contribution >= 0.6 is 11.3 Å². The molecule has 2 heterocycles. The third kappa shape index (κ3) is 2.78. The maximum Gasteiger partial charge on any atom is 0.185 e. The van der Waals surface area contributed by atoms with Gasteiger partial charge < -0.3 is 15.4 Å². The lowest BCUT2D eigenvalue weighted by Gasteiger charge is -2.21. The van der Waals surface area contributed by atoms with Gasteiger partial charge in [-0.25, -0.2) is 4.98 Å². The van der Waals surface area contributed by atoms with Crippen molar-refractivity contribution in [3.63, 3.8) is 0 Å². The number of nitrogens with zero attached hydrogens (tertiary/aromatic N) is 2. The molecule has 0 spiro atoms. The Morgan fingerprint density at radius 3 is 3.00 bits per heavy atom. The van der Waals surface area contributed by atoms with Crippen LogP contribution in [-0.2, 0) is 17.7 Å². The minimum absolute atomic E-state index is 0.473. The van der Waals surface area contributed by atoms with Gasteiger partial charge in [0.05, 0.1) is 18.3 Å². The number of hydrogen-bond acceptors (Lipinski definition) is 5. The molecule has 0 radical (unpaired) electrons. The fraction of sp³-hybridized carbons (Fsp3) is 0.750. The molecule has 1 aliphatic rings. The lowest BCUT2D eigenvalue weighted by Crippen LogP contribution is -2.31. The monoisotopic (exact) mass is 255 g/mol. The first-order chi connectivity index (χ1) is 8.26. The van der Waals surface area contributed by atoms with E-state index in [2.05, 4.69) is 18.9 Å². The van der Waals surface area contributed by atoms with E-state index in [0.29, 0.717) is 12.6 Å². The summed E-state index contributed by atoms with van der Waals surface area (Å²) in [5.41, 5.74) is 6.96. The summed E-state index contributed by atoms with van der Waals surface area (Å²) >= 11 is 1.73. The predicted octanol–water partition coefficient (Wildman–Crippen LogP) is 1.78. The first-order valence-electron chi connectivity index (χ1n) is 6.25. The lowest BCUT2D eigenvalue weighted by molar-refractivity contribution is 0.193. The summed E-state index contributed by atoms with van der Waals surface area (Å²) in [7, 11) is 2.11. The molecule has 5 heteroatoms. The smallest absolute Gasteiger partial charge is 0.185 e. The van der Waals surface area contributed by atoms with Crippen LogP contribution in [0, 0.1) is 0 Å². The van der Waals surface area contributed by atoms with Crippen LogP contribution in [0.1, 0.15) is 30.3 Å². The van der Waals surface area contributed by atoms with E-state index in [1.807, 2.05) is 0 Å². The average molecular weight is 255 g/mol. The molecule has 1 atom stereocenters. The van der Waals surface area contributed by atoms with E-state index in [-0.39, 0.29) is 0 Å². The maximum atomic E-state index is 5.78. The van der Waals surface area contributed by atoms with E-state index in [1.54, 1.807) is 11.3 Å². The summed E-state index contributed by atoms with van der Waals surface area (Å²) in [5.74, 6) is 0. The normalized spacial score (nSPS) is 19.8. The highest BCUT2D eigenvalue weighted by Gasteiger charge is 2.23. The van der Waals surface area contributed by atoms with Gasteiger partial charge in [-0.3, -0.25) is 0 Å². The number of nitrogens with two attached hydrogens (primary N) is 1. The number of rotatable bonds is 5. The number of anilines is 1. The molecule has 0 saturated carbocycles. The second-order valence-electron chi connectivity index (χ2n) is 4.45. The molecule has 0 bridgehead atoms. The van der Waals surface area contributed by atoms with Crippen molar-refractivity contribution in [2.45, 2.75) is 38.8 Å². The summed E-state index contributed by atoms with van der Waals surface area (Å²) in [6.45, 7) is 4.46. The van der Waals surface area contributed by atoms with Crippen molar-refractivity contribution in [1.29, 1.82) is 0 Å². The summed E-state index contributed by atoms with van der Waals surface area (Å²) in [4.78, 5) is 8.20. The first kappa shape index (κ1) is 12.8. The summed E-state index contributed by atoms with van der Waals surface area (Å²) in [5, 5.41) is 1.09. The largest absolute Gasteiger partial charge is 0.379 e. The minimum atomic E-state index is 0.473. The molecule has 1 aliphatic heterocycles. The molecule has 17 heavy (non-hydrogen) atoms. The van der Waals surface area contributed by atoms with Crippen LogP contribution in [0.25, 0.3) is 0 Å². The van der Waals surface area contributed by atoms with Gasteiger partial charge in [0.2, 0.25) is 0 Å². The van der Waals surface area contributed by atoms with E-state index in [9.17, 15) is 0 Å². The Balaban J connectivity index is 2.14. The molecule has 0 aliphatic carbocycles. The summed E-state index contributed by atoms with van der Waals surface area (Å²) in [6, 6.07) is 0.473. The highest BCUT2D eigenvalue weighted by atomic mass is 32.1. The van der Waals surface area contributed by atoms with E-state index >= 15 is 0 Å². The van der Waals surface area contributed by atoms with Crippen molar-refractivity contribution in [1.82, 2.24) is 4.98 Å². The second-order valence-corrected chi connectivity index (χ2v) is 5.51. The standard InChI is InChI=1S/C12H21N3OS/c1-3-4-10-11(7-13)17-12(14-10)15(2)9-5-6-16-8-9/h9H,3-8,13H2,1-2H3. The predicted molar refractivity (Wildman–Crippen MR) is 71.6 cm³/mol. The Morgan fingerprint density at radius 1 is 1.59 bits per heavy atom. The van der Waals surface area contributed by atoms with Crippen molar-refractivity contribution in [3.05, 3.63) is 10.6 Å². The number of aryl methyl sites for hydroxylation is 1. The molecule has 2 N–H and O–H groups in total. The fourth-order valence-electron chi connectivity index (χ4n) is 2.10. The Hall–Kier alpha value is -0.650. The maximum absolute atomic E-state index is 5.78. The van der Waals surface area contributed by atoms with Crippen LogP contribution in [0.5, 0.6) is 0 Å². The van der Waals surface area contributed by atoms with Gasteiger partial charge in [-0.05, 0) is 12.8 Å². The molecule has 1 aromatic heterocycles. The van der Waals surface area contributed by atoms with E-state index in [4.69, 9.17) is 15.5 Å². The third-order valence-corrected chi connectivity index (χ3v) is 4.40. The topological polar surface area (TPSA) is 51.4 Å². The molecule has 0 amide bonds. The molecule has 2 rings (SSSR count). The first-order valence-corrected chi connectivity index (χ1v) is 7.07. The molecule has 4 nitrogen and oxygen atoms in total. The van der Waals surface area contributed by atoms with E-state index in [0.717, 1.165) is 37.6 Å². The number of aromatic nitrogens is 1. The van der Waals surface area contributed by atoms with E-state index < -0.39 is 0 Å². The Morgan fingerprint density at radius 2 is 2.41 bits per heavy atom. The number of hydrogen-bond donors (Lipinski definition) is 1. The Labute approximate surface area is 107 Å². The van der Waals surface area contributed by atoms with Crippen LogP contribution in [-0.4, -0.2) is 31.3 Å². The second kappa shape index (κ2) is 5.80. The van der Waals surface area contributed by atoms with Crippen molar-refractivity contribution in [3.8, 4) is 0 Å². The van der Waals surface area contributed by atoms with Crippen molar-refractivity contribution in [2.75, 3.05) is 25.2 Å². The van der Waals surface area contributed by atoms with Gasteiger partial charge in [-0.1, -0.05) is 13.3 Å². The van der Waals surface area contributed by atoms with Gasteiger partial charge in [-0.2, -0.15) is 0 Å². The van der Waals surface area contributed by atoms with Crippen LogP contribution < -0.4 is 10.6 Å². The summed E-state index contributed by atoms with van der Waals surface area (Å²) in [6.07, 6.45) is 3.24. The SMILES string of the molecule is CCCc1nc(N(C)C2CCOC2)sc1CN. The minimum Gasteiger partial charge on any atom is -0.379 e.